The van der Waals surface area contributed by atoms with Crippen LogP contribution in [0.3, 0.4) is 0 Å². The van der Waals surface area contributed by atoms with Crippen molar-refractivity contribution in [1.82, 2.24) is 4.98 Å². The summed E-state index contributed by atoms with van der Waals surface area (Å²) in [5.74, 6) is 0.0185. The largest absolute Gasteiger partial charge is 0.266 e. The van der Waals surface area contributed by atoms with Gasteiger partial charge >= 0.3 is 0 Å². The van der Waals surface area contributed by atoms with Crippen LogP contribution in [-0.2, 0) is 16.6 Å². The van der Waals surface area contributed by atoms with Crippen LogP contribution in [0.4, 0.5) is 5.69 Å². The number of pyridine rings is 1. The highest BCUT2D eigenvalue weighted by atomic mass is 32.2. The Morgan fingerprint density at radius 3 is 2.15 bits per heavy atom. The first-order chi connectivity index (χ1) is 13.0. The van der Waals surface area contributed by atoms with Crippen molar-refractivity contribution in [2.75, 3.05) is 10.1 Å². The van der Waals surface area contributed by atoms with Gasteiger partial charge in [0.25, 0.3) is 0 Å². The molecule has 0 aliphatic carbocycles. The highest BCUT2D eigenvalue weighted by Crippen LogP contribution is 2.26. The smallest absolute Gasteiger partial charge is 0.235 e. The maximum absolute atomic E-state index is 12.6. The number of anilines is 1. The van der Waals surface area contributed by atoms with E-state index in [1.807, 2.05) is 30.3 Å². The molecule has 5 nitrogen and oxygen atoms in total. The van der Waals surface area contributed by atoms with Gasteiger partial charge in [0.05, 0.1) is 29.6 Å². The van der Waals surface area contributed by atoms with Crippen LogP contribution in [0.5, 0.6) is 0 Å². The fourth-order valence-electron chi connectivity index (χ4n) is 2.72. The number of nitriles is 1. The Morgan fingerprint density at radius 2 is 1.63 bits per heavy atom. The van der Waals surface area contributed by atoms with E-state index in [2.05, 4.69) is 11.1 Å². The van der Waals surface area contributed by atoms with Crippen molar-refractivity contribution >= 4 is 15.7 Å². The van der Waals surface area contributed by atoms with E-state index in [1.54, 1.807) is 49.6 Å². The van der Waals surface area contributed by atoms with Crippen LogP contribution in [-0.4, -0.2) is 19.2 Å². The molecule has 0 aliphatic heterocycles. The van der Waals surface area contributed by atoms with E-state index >= 15 is 0 Å². The van der Waals surface area contributed by atoms with Crippen LogP contribution in [0.2, 0.25) is 0 Å². The molecule has 6 heteroatoms. The van der Waals surface area contributed by atoms with Gasteiger partial charge in [-0.2, -0.15) is 5.26 Å². The lowest BCUT2D eigenvalue weighted by Gasteiger charge is -2.24. The van der Waals surface area contributed by atoms with Gasteiger partial charge in [-0.1, -0.05) is 30.3 Å². The number of sulfonamides is 1. The molecule has 0 N–H and O–H groups in total. The molecule has 136 valence electrons. The van der Waals surface area contributed by atoms with Crippen molar-refractivity contribution in [2.24, 2.45) is 0 Å². The molecule has 1 heterocycles. The lowest BCUT2D eigenvalue weighted by Crippen LogP contribution is -2.31. The van der Waals surface area contributed by atoms with Gasteiger partial charge in [-0.05, 0) is 53.9 Å². The second-order valence-electron chi connectivity index (χ2n) is 6.00. The summed E-state index contributed by atoms with van der Waals surface area (Å²) < 4.78 is 26.6. The van der Waals surface area contributed by atoms with Crippen molar-refractivity contribution in [3.8, 4) is 17.2 Å². The number of nitrogens with zero attached hydrogens (tertiary/aromatic N) is 3. The molecular weight excluding hydrogens is 358 g/mol. The second-order valence-corrected chi connectivity index (χ2v) is 8.19. The predicted molar refractivity (Wildman–Crippen MR) is 106 cm³/mol. The van der Waals surface area contributed by atoms with Crippen molar-refractivity contribution in [2.45, 2.75) is 13.5 Å². The minimum atomic E-state index is -3.43. The number of hydrogen-bond acceptors (Lipinski definition) is 4. The summed E-state index contributed by atoms with van der Waals surface area (Å²) in [6.07, 6.45) is 3.33. The molecule has 3 aromatic rings. The molecule has 0 spiro atoms. The normalized spacial score (nSPS) is 11.0. The van der Waals surface area contributed by atoms with Gasteiger partial charge in [-0.25, -0.2) is 8.42 Å². The third-order valence-electron chi connectivity index (χ3n) is 4.25. The fourth-order valence-corrected chi connectivity index (χ4v) is 3.82. The van der Waals surface area contributed by atoms with Crippen LogP contribution in [0.25, 0.3) is 11.1 Å². The number of hydrogen-bond donors (Lipinski definition) is 0. The Balaban J connectivity index is 1.92. The maximum atomic E-state index is 12.6. The lowest BCUT2D eigenvalue weighted by molar-refractivity contribution is 0.591. The van der Waals surface area contributed by atoms with E-state index in [1.165, 1.54) is 4.31 Å². The van der Waals surface area contributed by atoms with Gasteiger partial charge in [-0.3, -0.25) is 9.29 Å². The highest BCUT2D eigenvalue weighted by molar-refractivity contribution is 7.92. The van der Waals surface area contributed by atoms with Crippen molar-refractivity contribution in [1.29, 1.82) is 5.26 Å². The third kappa shape index (κ3) is 4.33. The van der Waals surface area contributed by atoms with Crippen molar-refractivity contribution in [3.63, 3.8) is 0 Å². The molecular formula is C21H19N3O2S. The molecule has 0 aliphatic rings. The molecule has 1 aromatic heterocycles. The van der Waals surface area contributed by atoms with E-state index in [0.29, 0.717) is 11.3 Å². The van der Waals surface area contributed by atoms with E-state index in [9.17, 15) is 8.42 Å². The summed E-state index contributed by atoms with van der Waals surface area (Å²) in [6, 6.07) is 20.4. The minimum Gasteiger partial charge on any atom is -0.266 e. The molecule has 0 unspecified atom stereocenters. The summed E-state index contributed by atoms with van der Waals surface area (Å²) in [4.78, 5) is 4.06. The van der Waals surface area contributed by atoms with Crippen LogP contribution in [0, 0.1) is 11.3 Å². The zero-order valence-corrected chi connectivity index (χ0v) is 15.7. The molecule has 0 radical (unpaired) electrons. The summed E-state index contributed by atoms with van der Waals surface area (Å²) in [7, 11) is -3.43. The molecule has 0 fully saturated rings. The first-order valence-electron chi connectivity index (χ1n) is 8.53. The highest BCUT2D eigenvalue weighted by Gasteiger charge is 2.21. The van der Waals surface area contributed by atoms with E-state index in [-0.39, 0.29) is 12.3 Å². The zero-order chi connectivity index (χ0) is 19.3. The Labute approximate surface area is 159 Å². The molecule has 0 atom stereocenters. The number of rotatable bonds is 6. The maximum Gasteiger partial charge on any atom is 0.235 e. The van der Waals surface area contributed by atoms with E-state index in [0.717, 1.165) is 16.7 Å². The fraction of sp³-hybridized carbons (Fsp3) is 0.143. The Morgan fingerprint density at radius 1 is 1.00 bits per heavy atom. The molecule has 3 rings (SSSR count). The molecule has 27 heavy (non-hydrogen) atoms. The Bertz CT molecular complexity index is 1040. The van der Waals surface area contributed by atoms with Gasteiger partial charge in [0.15, 0.2) is 0 Å². The molecule has 0 saturated carbocycles. The van der Waals surface area contributed by atoms with Crippen LogP contribution in [0.15, 0.2) is 73.1 Å². The SMILES string of the molecule is CCS(=O)(=O)N(Cc1cccnc1)c1ccc(-c2ccc(C#N)cc2)cc1. The third-order valence-corrected chi connectivity index (χ3v) is 5.99. The second kappa shape index (κ2) is 8.02. The van der Waals surface area contributed by atoms with Gasteiger partial charge in [0, 0.05) is 12.4 Å². The van der Waals surface area contributed by atoms with Gasteiger partial charge < -0.3 is 0 Å². The summed E-state index contributed by atoms with van der Waals surface area (Å²) in [5.41, 5.74) is 3.96. The molecule has 0 amide bonds. The zero-order valence-electron chi connectivity index (χ0n) is 14.9. The molecule has 0 bridgehead atoms. The van der Waals surface area contributed by atoms with Crippen LogP contribution >= 0.6 is 0 Å². The summed E-state index contributed by atoms with van der Waals surface area (Å²) in [5, 5.41) is 8.90. The first kappa shape index (κ1) is 18.6. The number of benzene rings is 2. The average molecular weight is 377 g/mol. The Hall–Kier alpha value is -3.17. The number of aromatic nitrogens is 1. The monoisotopic (exact) mass is 377 g/mol. The van der Waals surface area contributed by atoms with Crippen LogP contribution in [0.1, 0.15) is 18.1 Å². The quantitative estimate of drug-likeness (QED) is 0.651. The predicted octanol–water partition coefficient (Wildman–Crippen LogP) is 3.98. The average Bonchev–Trinajstić information content (AvgIpc) is 2.73. The lowest BCUT2D eigenvalue weighted by atomic mass is 10.0. The summed E-state index contributed by atoms with van der Waals surface area (Å²) in [6.45, 7) is 1.87. The van der Waals surface area contributed by atoms with Crippen LogP contribution < -0.4 is 4.31 Å². The molecule has 2 aromatic carbocycles. The van der Waals surface area contributed by atoms with E-state index < -0.39 is 10.0 Å². The topological polar surface area (TPSA) is 74.1 Å². The minimum absolute atomic E-state index is 0.0185. The molecule has 0 saturated heterocycles. The standard InChI is InChI=1S/C21H19N3O2S/c1-2-27(25,26)24(16-18-4-3-13-23-15-18)21-11-9-20(10-12-21)19-7-5-17(14-22)6-8-19/h3-13,15H,2,16H2,1H3. The van der Waals surface area contributed by atoms with E-state index in [4.69, 9.17) is 5.26 Å². The van der Waals surface area contributed by atoms with Gasteiger partial charge in [-0.15, -0.1) is 0 Å². The van der Waals surface area contributed by atoms with Crippen molar-refractivity contribution in [3.05, 3.63) is 84.2 Å². The van der Waals surface area contributed by atoms with Crippen molar-refractivity contribution < 1.29 is 8.42 Å². The Kier molecular flexibility index (Phi) is 5.53. The summed E-state index contributed by atoms with van der Waals surface area (Å²) >= 11 is 0. The van der Waals surface area contributed by atoms with Gasteiger partial charge in [0.2, 0.25) is 10.0 Å². The van der Waals surface area contributed by atoms with Gasteiger partial charge in [0.1, 0.15) is 0 Å². The first-order valence-corrected chi connectivity index (χ1v) is 10.1.